The van der Waals surface area contributed by atoms with Crippen molar-refractivity contribution in [3.05, 3.63) is 35.0 Å². The molecule has 2 nitrogen and oxygen atoms in total. The standard InChI is InChI=1S/C14H14ClNO/c15-10-5-6-13-11(7-10)12(8-16-13)14(17)9-3-1-2-4-9/h5-9,16H,1-4H2. The summed E-state index contributed by atoms with van der Waals surface area (Å²) < 4.78 is 0. The molecule has 3 rings (SSSR count). The lowest BCUT2D eigenvalue weighted by atomic mass is 9.96. The molecule has 1 aromatic heterocycles. The first-order chi connectivity index (χ1) is 8.25. The lowest BCUT2D eigenvalue weighted by Gasteiger charge is -2.06. The zero-order valence-electron chi connectivity index (χ0n) is 9.50. The molecule has 0 bridgehead atoms. The van der Waals surface area contributed by atoms with Gasteiger partial charge in [-0.1, -0.05) is 24.4 Å². The summed E-state index contributed by atoms with van der Waals surface area (Å²) in [5.74, 6) is 0.490. The number of hydrogen-bond acceptors (Lipinski definition) is 1. The Balaban J connectivity index is 2.04. The first kappa shape index (κ1) is 10.8. The van der Waals surface area contributed by atoms with Gasteiger partial charge in [-0.15, -0.1) is 0 Å². The maximum absolute atomic E-state index is 12.4. The average molecular weight is 248 g/mol. The van der Waals surface area contributed by atoms with Crippen LogP contribution in [0.2, 0.25) is 5.02 Å². The van der Waals surface area contributed by atoms with Crippen molar-refractivity contribution in [3.8, 4) is 0 Å². The van der Waals surface area contributed by atoms with Crippen LogP contribution in [0.3, 0.4) is 0 Å². The van der Waals surface area contributed by atoms with E-state index in [-0.39, 0.29) is 11.7 Å². The normalized spacial score (nSPS) is 16.8. The Morgan fingerprint density at radius 3 is 2.82 bits per heavy atom. The molecule has 0 spiro atoms. The van der Waals surface area contributed by atoms with Crippen molar-refractivity contribution < 1.29 is 4.79 Å². The third-order valence-corrected chi connectivity index (χ3v) is 3.87. The number of Topliss-reactive ketones (excluding diaryl/α,β-unsaturated/α-hetero) is 1. The van der Waals surface area contributed by atoms with E-state index in [1.807, 2.05) is 24.4 Å². The van der Waals surface area contributed by atoms with Crippen molar-refractivity contribution in [2.45, 2.75) is 25.7 Å². The molecule has 3 heteroatoms. The highest BCUT2D eigenvalue weighted by Crippen LogP contribution is 2.31. The number of H-pyrrole nitrogens is 1. The lowest BCUT2D eigenvalue weighted by molar-refractivity contribution is 0.0924. The van der Waals surface area contributed by atoms with Crippen molar-refractivity contribution in [3.63, 3.8) is 0 Å². The molecule has 1 aromatic carbocycles. The molecule has 0 radical (unpaired) electrons. The Labute approximate surface area is 105 Å². The lowest BCUT2D eigenvalue weighted by Crippen LogP contribution is -2.10. The highest BCUT2D eigenvalue weighted by atomic mass is 35.5. The Kier molecular flexibility index (Phi) is 2.67. The van der Waals surface area contributed by atoms with E-state index in [0.717, 1.165) is 29.3 Å². The second-order valence-electron chi connectivity index (χ2n) is 4.74. The monoisotopic (exact) mass is 247 g/mol. The van der Waals surface area contributed by atoms with Gasteiger partial charge >= 0.3 is 0 Å². The van der Waals surface area contributed by atoms with Gasteiger partial charge in [-0.25, -0.2) is 0 Å². The first-order valence-corrected chi connectivity index (χ1v) is 6.44. The van der Waals surface area contributed by atoms with Crippen LogP contribution in [0.4, 0.5) is 0 Å². The van der Waals surface area contributed by atoms with Gasteiger partial charge in [0.1, 0.15) is 0 Å². The van der Waals surface area contributed by atoms with Crippen molar-refractivity contribution in [1.29, 1.82) is 0 Å². The molecule has 1 aliphatic rings. The summed E-state index contributed by atoms with van der Waals surface area (Å²) in [6, 6.07) is 5.63. The summed E-state index contributed by atoms with van der Waals surface area (Å²) in [6.45, 7) is 0. The van der Waals surface area contributed by atoms with Gasteiger partial charge < -0.3 is 4.98 Å². The van der Waals surface area contributed by atoms with E-state index in [2.05, 4.69) is 4.98 Å². The average Bonchev–Trinajstić information content (AvgIpc) is 2.97. The zero-order chi connectivity index (χ0) is 11.8. The number of benzene rings is 1. The number of aromatic nitrogens is 1. The molecule has 1 aliphatic carbocycles. The van der Waals surface area contributed by atoms with Crippen molar-refractivity contribution >= 4 is 28.3 Å². The molecule has 0 amide bonds. The van der Waals surface area contributed by atoms with E-state index in [0.29, 0.717) is 5.02 Å². The minimum absolute atomic E-state index is 0.216. The van der Waals surface area contributed by atoms with Crippen LogP contribution in [0.25, 0.3) is 10.9 Å². The molecule has 1 heterocycles. The molecule has 88 valence electrons. The van der Waals surface area contributed by atoms with Crippen LogP contribution in [0.5, 0.6) is 0 Å². The number of nitrogens with one attached hydrogen (secondary N) is 1. The highest BCUT2D eigenvalue weighted by Gasteiger charge is 2.25. The van der Waals surface area contributed by atoms with E-state index in [4.69, 9.17) is 11.6 Å². The number of ketones is 1. The molecular weight excluding hydrogens is 234 g/mol. The van der Waals surface area contributed by atoms with Crippen molar-refractivity contribution in [1.82, 2.24) is 4.98 Å². The van der Waals surface area contributed by atoms with Crippen LogP contribution < -0.4 is 0 Å². The van der Waals surface area contributed by atoms with Crippen molar-refractivity contribution in [2.75, 3.05) is 0 Å². The van der Waals surface area contributed by atoms with Gasteiger partial charge in [-0.2, -0.15) is 0 Å². The number of fused-ring (bicyclic) bond motifs is 1. The maximum Gasteiger partial charge on any atom is 0.168 e. The van der Waals surface area contributed by atoms with Crippen LogP contribution in [0.15, 0.2) is 24.4 Å². The minimum atomic E-state index is 0.216. The third kappa shape index (κ3) is 1.87. The number of halogens is 1. The molecule has 0 atom stereocenters. The number of rotatable bonds is 2. The fraction of sp³-hybridized carbons (Fsp3) is 0.357. The minimum Gasteiger partial charge on any atom is -0.360 e. The predicted molar refractivity (Wildman–Crippen MR) is 69.6 cm³/mol. The second kappa shape index (κ2) is 4.19. The zero-order valence-corrected chi connectivity index (χ0v) is 10.3. The molecule has 1 fully saturated rings. The van der Waals surface area contributed by atoms with Gasteiger partial charge in [0.25, 0.3) is 0 Å². The maximum atomic E-state index is 12.4. The van der Waals surface area contributed by atoms with Crippen LogP contribution in [-0.4, -0.2) is 10.8 Å². The largest absolute Gasteiger partial charge is 0.360 e. The summed E-state index contributed by atoms with van der Waals surface area (Å²) in [5.41, 5.74) is 1.78. The summed E-state index contributed by atoms with van der Waals surface area (Å²) in [4.78, 5) is 15.5. The number of aromatic amines is 1. The molecule has 0 aliphatic heterocycles. The molecular formula is C14H14ClNO. The van der Waals surface area contributed by atoms with E-state index >= 15 is 0 Å². The first-order valence-electron chi connectivity index (χ1n) is 6.06. The molecule has 2 aromatic rings. The van der Waals surface area contributed by atoms with Gasteiger partial charge in [0.15, 0.2) is 5.78 Å². The summed E-state index contributed by atoms with van der Waals surface area (Å²) >= 11 is 5.99. The highest BCUT2D eigenvalue weighted by molar-refractivity contribution is 6.31. The Hall–Kier alpha value is -1.28. The third-order valence-electron chi connectivity index (χ3n) is 3.64. The molecule has 1 saturated carbocycles. The SMILES string of the molecule is O=C(c1c[nH]c2ccc(Cl)cc12)C1CCCC1. The van der Waals surface area contributed by atoms with Crippen molar-refractivity contribution in [2.24, 2.45) is 5.92 Å². The van der Waals surface area contributed by atoms with Gasteiger partial charge in [0, 0.05) is 33.6 Å². The van der Waals surface area contributed by atoms with Gasteiger partial charge in [0.05, 0.1) is 0 Å². The number of hydrogen-bond donors (Lipinski definition) is 1. The Morgan fingerprint density at radius 1 is 1.29 bits per heavy atom. The van der Waals surface area contributed by atoms with Gasteiger partial charge in [0.2, 0.25) is 0 Å². The van der Waals surface area contributed by atoms with Crippen LogP contribution in [0, 0.1) is 5.92 Å². The Bertz CT molecular complexity index is 567. The topological polar surface area (TPSA) is 32.9 Å². The van der Waals surface area contributed by atoms with Gasteiger partial charge in [-0.3, -0.25) is 4.79 Å². The van der Waals surface area contributed by atoms with E-state index in [9.17, 15) is 4.79 Å². The van der Waals surface area contributed by atoms with Gasteiger partial charge in [-0.05, 0) is 31.0 Å². The summed E-state index contributed by atoms with van der Waals surface area (Å²) in [7, 11) is 0. The summed E-state index contributed by atoms with van der Waals surface area (Å²) in [5, 5.41) is 1.63. The number of carbonyl (C=O) groups is 1. The quantitative estimate of drug-likeness (QED) is 0.793. The molecule has 17 heavy (non-hydrogen) atoms. The van der Waals surface area contributed by atoms with E-state index in [1.54, 1.807) is 0 Å². The fourth-order valence-corrected chi connectivity index (χ4v) is 2.88. The fourth-order valence-electron chi connectivity index (χ4n) is 2.70. The molecule has 0 saturated heterocycles. The Morgan fingerprint density at radius 2 is 2.06 bits per heavy atom. The molecule has 0 unspecified atom stereocenters. The van der Waals surface area contributed by atoms with E-state index in [1.165, 1.54) is 12.8 Å². The smallest absolute Gasteiger partial charge is 0.168 e. The summed E-state index contributed by atoms with van der Waals surface area (Å²) in [6.07, 6.45) is 6.25. The van der Waals surface area contributed by atoms with Crippen LogP contribution in [0.1, 0.15) is 36.0 Å². The predicted octanol–water partition coefficient (Wildman–Crippen LogP) is 4.19. The molecule has 1 N–H and O–H groups in total. The van der Waals surface area contributed by atoms with Crippen LogP contribution in [-0.2, 0) is 0 Å². The van der Waals surface area contributed by atoms with Crippen LogP contribution >= 0.6 is 11.6 Å². The van der Waals surface area contributed by atoms with E-state index < -0.39 is 0 Å². The number of carbonyl (C=O) groups excluding carboxylic acids is 1. The second-order valence-corrected chi connectivity index (χ2v) is 5.17.